The lowest BCUT2D eigenvalue weighted by molar-refractivity contribution is -0.141. The van der Waals surface area contributed by atoms with Gasteiger partial charge in [-0.15, -0.1) is 0 Å². The van der Waals surface area contributed by atoms with Crippen LogP contribution in [0.15, 0.2) is 6.20 Å². The van der Waals surface area contributed by atoms with Crippen LogP contribution in [0.2, 0.25) is 0 Å². The highest BCUT2D eigenvalue weighted by Crippen LogP contribution is 2.04. The van der Waals surface area contributed by atoms with Crippen LogP contribution < -0.4 is 0 Å². The minimum atomic E-state index is -0.796. The summed E-state index contributed by atoms with van der Waals surface area (Å²) >= 11 is 4.79. The van der Waals surface area contributed by atoms with E-state index >= 15 is 0 Å². The monoisotopic (exact) mass is 186 g/mol. The number of rotatable bonds is 3. The first-order valence-corrected chi connectivity index (χ1v) is 4.00. The van der Waals surface area contributed by atoms with E-state index in [9.17, 15) is 4.79 Å². The van der Waals surface area contributed by atoms with Crippen molar-refractivity contribution in [2.75, 3.05) is 0 Å². The average molecular weight is 186 g/mol. The van der Waals surface area contributed by atoms with Crippen molar-refractivity contribution in [3.05, 3.63) is 16.7 Å². The van der Waals surface area contributed by atoms with Gasteiger partial charge in [-0.3, -0.25) is 4.79 Å². The normalized spacial score (nSPS) is 12.8. The van der Waals surface area contributed by atoms with Crippen LogP contribution in [0.5, 0.6) is 0 Å². The van der Waals surface area contributed by atoms with Gasteiger partial charge in [-0.1, -0.05) is 6.92 Å². The first kappa shape index (κ1) is 8.99. The van der Waals surface area contributed by atoms with Gasteiger partial charge in [0.25, 0.3) is 0 Å². The van der Waals surface area contributed by atoms with Crippen LogP contribution in [0.1, 0.15) is 12.6 Å². The van der Waals surface area contributed by atoms with E-state index in [1.807, 2.05) is 0 Å². The summed E-state index contributed by atoms with van der Waals surface area (Å²) in [5.41, 5.74) is 0.829. The molecule has 12 heavy (non-hydrogen) atoms. The number of aromatic nitrogens is 2. The first-order chi connectivity index (χ1) is 5.59. The number of aromatic amines is 2. The van der Waals surface area contributed by atoms with Gasteiger partial charge in [0.1, 0.15) is 0 Å². The Hall–Kier alpha value is -1.10. The Morgan fingerprint density at radius 2 is 2.50 bits per heavy atom. The Bertz CT molecular complexity index is 328. The van der Waals surface area contributed by atoms with Gasteiger partial charge in [0.2, 0.25) is 0 Å². The summed E-state index contributed by atoms with van der Waals surface area (Å²) in [6, 6.07) is 0. The molecule has 1 atom stereocenters. The van der Waals surface area contributed by atoms with Crippen molar-refractivity contribution in [1.82, 2.24) is 9.97 Å². The van der Waals surface area contributed by atoms with Gasteiger partial charge < -0.3 is 15.1 Å². The van der Waals surface area contributed by atoms with Crippen molar-refractivity contribution in [3.8, 4) is 0 Å². The molecule has 66 valence electrons. The molecule has 0 aliphatic rings. The SMILES string of the molecule is CC(Cc1c[nH]c(=S)[nH]1)C(=O)O. The highest BCUT2D eigenvalue weighted by atomic mass is 32.1. The number of carboxylic acids is 1. The molecule has 0 fully saturated rings. The lowest BCUT2D eigenvalue weighted by atomic mass is 10.1. The lowest BCUT2D eigenvalue weighted by Crippen LogP contribution is -2.12. The van der Waals surface area contributed by atoms with Gasteiger partial charge in [0.15, 0.2) is 4.77 Å². The summed E-state index contributed by atoms with van der Waals surface area (Å²) < 4.78 is 0.530. The molecule has 0 aromatic carbocycles. The Kier molecular flexibility index (Phi) is 2.65. The summed E-state index contributed by atoms with van der Waals surface area (Å²) in [4.78, 5) is 16.1. The van der Waals surface area contributed by atoms with Crippen LogP contribution in [-0.4, -0.2) is 21.0 Å². The molecule has 5 heteroatoms. The molecule has 0 saturated carbocycles. The molecule has 0 amide bonds. The van der Waals surface area contributed by atoms with Gasteiger partial charge in [0.05, 0.1) is 5.92 Å². The van der Waals surface area contributed by atoms with Crippen LogP contribution in [0.3, 0.4) is 0 Å². The third-order valence-corrected chi connectivity index (χ3v) is 1.82. The summed E-state index contributed by atoms with van der Waals surface area (Å²) in [6.07, 6.45) is 2.17. The van der Waals surface area contributed by atoms with Crippen LogP contribution in [0, 0.1) is 10.7 Å². The largest absolute Gasteiger partial charge is 0.481 e. The smallest absolute Gasteiger partial charge is 0.306 e. The molecular weight excluding hydrogens is 176 g/mol. The number of carbonyl (C=O) groups is 1. The van der Waals surface area contributed by atoms with E-state index in [0.29, 0.717) is 11.2 Å². The standard InChI is InChI=1S/C7H10N2O2S/c1-4(6(10)11)2-5-3-8-7(12)9-5/h3-4H,2H2,1H3,(H,10,11)(H2,8,9,12). The van der Waals surface area contributed by atoms with Crippen molar-refractivity contribution in [2.24, 2.45) is 5.92 Å². The summed E-state index contributed by atoms with van der Waals surface area (Å²) in [6.45, 7) is 1.66. The maximum atomic E-state index is 10.5. The zero-order valence-corrected chi connectivity index (χ0v) is 7.44. The molecule has 3 N–H and O–H groups in total. The van der Waals surface area contributed by atoms with E-state index < -0.39 is 5.97 Å². The Morgan fingerprint density at radius 3 is 2.92 bits per heavy atom. The third-order valence-electron chi connectivity index (χ3n) is 1.60. The zero-order valence-electron chi connectivity index (χ0n) is 6.63. The van der Waals surface area contributed by atoms with Gasteiger partial charge in [-0.2, -0.15) is 0 Å². The molecule has 0 radical (unpaired) electrons. The number of imidazole rings is 1. The molecule has 1 unspecified atom stereocenters. The maximum absolute atomic E-state index is 10.5. The van der Waals surface area contributed by atoms with E-state index in [1.165, 1.54) is 0 Å². The average Bonchev–Trinajstić information content (AvgIpc) is 2.35. The maximum Gasteiger partial charge on any atom is 0.306 e. The van der Waals surface area contributed by atoms with E-state index in [-0.39, 0.29) is 5.92 Å². The van der Waals surface area contributed by atoms with Crippen LogP contribution in [0.25, 0.3) is 0 Å². The fourth-order valence-electron chi connectivity index (χ4n) is 0.898. The van der Waals surface area contributed by atoms with Crippen LogP contribution in [-0.2, 0) is 11.2 Å². The topological polar surface area (TPSA) is 68.9 Å². The Labute approximate surface area is 74.6 Å². The number of nitrogens with one attached hydrogen (secondary N) is 2. The van der Waals surface area contributed by atoms with Crippen molar-refractivity contribution >= 4 is 18.2 Å². The molecule has 0 aliphatic heterocycles. The van der Waals surface area contributed by atoms with E-state index in [1.54, 1.807) is 13.1 Å². The van der Waals surface area contributed by atoms with Gasteiger partial charge >= 0.3 is 5.97 Å². The fraction of sp³-hybridized carbons (Fsp3) is 0.429. The van der Waals surface area contributed by atoms with Crippen LogP contribution >= 0.6 is 12.2 Å². The number of hydrogen-bond donors (Lipinski definition) is 3. The quantitative estimate of drug-likeness (QED) is 0.624. The second kappa shape index (κ2) is 3.53. The van der Waals surface area contributed by atoms with Crippen molar-refractivity contribution in [2.45, 2.75) is 13.3 Å². The first-order valence-electron chi connectivity index (χ1n) is 3.59. The summed E-state index contributed by atoms with van der Waals surface area (Å²) in [5.74, 6) is -1.18. The van der Waals surface area contributed by atoms with Crippen molar-refractivity contribution < 1.29 is 9.90 Å². The molecule has 1 aromatic rings. The Morgan fingerprint density at radius 1 is 1.83 bits per heavy atom. The minimum absolute atomic E-state index is 0.383. The van der Waals surface area contributed by atoms with Crippen LogP contribution in [0.4, 0.5) is 0 Å². The van der Waals surface area contributed by atoms with E-state index in [4.69, 9.17) is 17.3 Å². The summed E-state index contributed by atoms with van der Waals surface area (Å²) in [7, 11) is 0. The fourth-order valence-corrected chi connectivity index (χ4v) is 1.09. The number of H-pyrrole nitrogens is 2. The van der Waals surface area contributed by atoms with E-state index in [0.717, 1.165) is 5.69 Å². The third kappa shape index (κ3) is 2.20. The molecule has 0 aliphatic carbocycles. The molecule has 1 aromatic heterocycles. The van der Waals surface area contributed by atoms with Crippen molar-refractivity contribution in [1.29, 1.82) is 0 Å². The molecule has 1 heterocycles. The molecule has 0 bridgehead atoms. The number of carboxylic acid groups (broad SMARTS) is 1. The molecule has 4 nitrogen and oxygen atoms in total. The predicted molar refractivity (Wildman–Crippen MR) is 46.5 cm³/mol. The summed E-state index contributed by atoms with van der Waals surface area (Å²) in [5, 5.41) is 8.60. The second-order valence-corrected chi connectivity index (χ2v) is 3.12. The van der Waals surface area contributed by atoms with Gasteiger partial charge in [-0.25, -0.2) is 0 Å². The molecule has 1 rings (SSSR count). The molecule has 0 saturated heterocycles. The molecular formula is C7H10N2O2S. The van der Waals surface area contributed by atoms with E-state index in [2.05, 4.69) is 9.97 Å². The predicted octanol–water partition coefficient (Wildman–Crippen LogP) is 1.34. The molecule has 0 spiro atoms. The number of hydrogen-bond acceptors (Lipinski definition) is 2. The minimum Gasteiger partial charge on any atom is -0.481 e. The second-order valence-electron chi connectivity index (χ2n) is 2.71. The van der Waals surface area contributed by atoms with Crippen molar-refractivity contribution in [3.63, 3.8) is 0 Å². The highest BCUT2D eigenvalue weighted by molar-refractivity contribution is 7.71. The lowest BCUT2D eigenvalue weighted by Gasteiger charge is -2.01. The van der Waals surface area contributed by atoms with Gasteiger partial charge in [-0.05, 0) is 12.2 Å². The van der Waals surface area contributed by atoms with Gasteiger partial charge in [0, 0.05) is 18.3 Å². The zero-order chi connectivity index (χ0) is 9.14. The Balaban J connectivity index is 2.64. The number of aliphatic carboxylic acids is 1. The highest BCUT2D eigenvalue weighted by Gasteiger charge is 2.11.